The molecule has 6 nitrogen and oxygen atoms in total. The second-order valence-electron chi connectivity index (χ2n) is 11.1. The molecular formula is C27H31F2N3O3S. The Balaban J connectivity index is 1.49. The van der Waals surface area contributed by atoms with E-state index >= 15 is 8.78 Å². The Bertz CT molecular complexity index is 1440. The number of nitrogens with one attached hydrogen (secondary N) is 2. The second-order valence-corrected chi connectivity index (χ2v) is 13.2. The average molecular weight is 516 g/mol. The van der Waals surface area contributed by atoms with E-state index in [0.717, 1.165) is 6.07 Å². The number of sulfonamides is 1. The summed E-state index contributed by atoms with van der Waals surface area (Å²) in [6.07, 6.45) is 3.71. The molecule has 1 saturated carbocycles. The van der Waals surface area contributed by atoms with Crippen LogP contribution in [-0.2, 0) is 22.0 Å². The summed E-state index contributed by atoms with van der Waals surface area (Å²) in [6, 6.07) is 11.0. The molecule has 9 heteroatoms. The van der Waals surface area contributed by atoms with Crippen molar-refractivity contribution in [2.45, 2.75) is 69.7 Å². The van der Waals surface area contributed by atoms with E-state index in [9.17, 15) is 13.2 Å². The Morgan fingerprint density at radius 2 is 1.75 bits per heavy atom. The van der Waals surface area contributed by atoms with Gasteiger partial charge in [-0.3, -0.25) is 0 Å². The summed E-state index contributed by atoms with van der Waals surface area (Å²) in [7, 11) is -3.78. The van der Waals surface area contributed by atoms with Crippen LogP contribution in [0.2, 0.25) is 0 Å². The highest BCUT2D eigenvalue weighted by molar-refractivity contribution is 7.89. The summed E-state index contributed by atoms with van der Waals surface area (Å²) in [5.74, 6) is -1.26. The van der Waals surface area contributed by atoms with Crippen molar-refractivity contribution in [3.63, 3.8) is 0 Å². The highest BCUT2D eigenvalue weighted by Gasteiger charge is 2.53. The Kier molecular flexibility index (Phi) is 5.99. The van der Waals surface area contributed by atoms with Crippen LogP contribution >= 0.6 is 0 Å². The van der Waals surface area contributed by atoms with Crippen LogP contribution in [0.3, 0.4) is 0 Å². The van der Waals surface area contributed by atoms with Crippen molar-refractivity contribution in [3.8, 4) is 0 Å². The number of halogens is 2. The molecule has 2 aromatic carbocycles. The fourth-order valence-corrected chi connectivity index (χ4v) is 8.48. The molecule has 2 heterocycles. The minimum Gasteiger partial charge on any atom is -0.313 e. The van der Waals surface area contributed by atoms with Gasteiger partial charge in [0.05, 0.1) is 0 Å². The van der Waals surface area contributed by atoms with Crippen LogP contribution < -0.4 is 5.69 Å². The first-order valence-corrected chi connectivity index (χ1v) is 13.8. The van der Waals surface area contributed by atoms with Crippen molar-refractivity contribution in [1.82, 2.24) is 14.3 Å². The van der Waals surface area contributed by atoms with Gasteiger partial charge < -0.3 is 9.97 Å². The summed E-state index contributed by atoms with van der Waals surface area (Å²) >= 11 is 0. The number of imidazole rings is 1. The van der Waals surface area contributed by atoms with Gasteiger partial charge in [0.2, 0.25) is 10.0 Å². The topological polar surface area (TPSA) is 86.0 Å². The smallest absolute Gasteiger partial charge is 0.313 e. The van der Waals surface area contributed by atoms with Crippen LogP contribution in [0.4, 0.5) is 8.78 Å². The number of aromatic amines is 2. The lowest BCUT2D eigenvalue weighted by Gasteiger charge is -2.53. The maximum atomic E-state index is 15.6. The van der Waals surface area contributed by atoms with E-state index < -0.39 is 38.0 Å². The predicted octanol–water partition coefficient (Wildman–Crippen LogP) is 5.14. The van der Waals surface area contributed by atoms with E-state index in [1.165, 1.54) is 16.6 Å². The Morgan fingerprint density at radius 3 is 2.36 bits per heavy atom. The maximum Gasteiger partial charge on any atom is 0.323 e. The molecule has 0 spiro atoms. The fourth-order valence-electron chi connectivity index (χ4n) is 6.29. The lowest BCUT2D eigenvalue weighted by Crippen LogP contribution is -2.48. The van der Waals surface area contributed by atoms with E-state index in [1.54, 1.807) is 31.2 Å². The minimum atomic E-state index is -3.78. The van der Waals surface area contributed by atoms with Crippen molar-refractivity contribution in [3.05, 3.63) is 93.2 Å². The van der Waals surface area contributed by atoms with E-state index in [2.05, 4.69) is 9.97 Å². The summed E-state index contributed by atoms with van der Waals surface area (Å²) in [4.78, 5) is 17.1. The van der Waals surface area contributed by atoms with E-state index in [4.69, 9.17) is 0 Å². The standard InChI is InChI=1S/C27H31F2N3O3S/c1-17-9-10-23(18-7-5-4-6-8-18)36(34,35)32(17)14-19-11-22(29)20(12-21(19)28)27(15-26(2,3)16-27)24-13-30-25(33)31-24/h4-8,11-13,17,23H,9-10,14-16H2,1-3H3,(H2,30,31,33)/t17-,23+/m0/s1. The van der Waals surface area contributed by atoms with Gasteiger partial charge in [0, 0.05) is 41.0 Å². The molecule has 5 rings (SSSR count). The zero-order valence-corrected chi connectivity index (χ0v) is 21.5. The van der Waals surface area contributed by atoms with E-state index in [1.807, 2.05) is 19.9 Å². The third kappa shape index (κ3) is 4.12. The fraction of sp³-hybridized carbons (Fsp3) is 0.444. The van der Waals surface area contributed by atoms with Crippen LogP contribution in [0.5, 0.6) is 0 Å². The first-order chi connectivity index (χ1) is 16.9. The van der Waals surface area contributed by atoms with Gasteiger partial charge in [-0.25, -0.2) is 22.0 Å². The molecule has 0 amide bonds. The van der Waals surface area contributed by atoms with Gasteiger partial charge in [-0.05, 0) is 55.7 Å². The zero-order chi connectivity index (χ0) is 25.9. The minimum absolute atomic E-state index is 0.00307. The molecule has 2 atom stereocenters. The van der Waals surface area contributed by atoms with E-state index in [-0.39, 0.29) is 29.1 Å². The number of rotatable bonds is 5. The highest BCUT2D eigenvalue weighted by Crippen LogP contribution is 2.58. The molecule has 0 unspecified atom stereocenters. The average Bonchev–Trinajstić information content (AvgIpc) is 3.23. The lowest BCUT2D eigenvalue weighted by molar-refractivity contribution is 0.0820. The number of hydrogen-bond acceptors (Lipinski definition) is 3. The molecular weight excluding hydrogens is 484 g/mol. The van der Waals surface area contributed by atoms with Gasteiger partial charge in [0.25, 0.3) is 0 Å². The first-order valence-electron chi connectivity index (χ1n) is 12.3. The SMILES string of the molecule is C[C@H]1CC[C@H](c2ccccc2)S(=O)(=O)N1Cc1cc(F)c(C2(c3c[nH]c(=O)[nH]3)CC(C)(C)C2)cc1F. The molecule has 3 aromatic rings. The van der Waals surface area contributed by atoms with Gasteiger partial charge >= 0.3 is 5.69 Å². The largest absolute Gasteiger partial charge is 0.323 e. The number of nitrogens with zero attached hydrogens (tertiary/aromatic N) is 1. The van der Waals surface area contributed by atoms with Crippen molar-refractivity contribution < 1.29 is 17.2 Å². The van der Waals surface area contributed by atoms with Crippen LogP contribution in [0.1, 0.15) is 74.1 Å². The number of H-pyrrole nitrogens is 2. The third-order valence-electron chi connectivity index (χ3n) is 7.85. The lowest BCUT2D eigenvalue weighted by atomic mass is 9.50. The molecule has 2 N–H and O–H groups in total. The number of benzene rings is 2. The zero-order valence-electron chi connectivity index (χ0n) is 20.6. The summed E-state index contributed by atoms with van der Waals surface area (Å²) in [6.45, 7) is 5.65. The first kappa shape index (κ1) is 24.9. The molecule has 1 aromatic heterocycles. The predicted molar refractivity (Wildman–Crippen MR) is 134 cm³/mol. The molecule has 1 aliphatic heterocycles. The quantitative estimate of drug-likeness (QED) is 0.493. The van der Waals surface area contributed by atoms with Crippen molar-refractivity contribution in [2.75, 3.05) is 0 Å². The summed E-state index contributed by atoms with van der Waals surface area (Å²) < 4.78 is 59.5. The molecule has 36 heavy (non-hydrogen) atoms. The van der Waals surface area contributed by atoms with Crippen molar-refractivity contribution >= 4 is 10.0 Å². The van der Waals surface area contributed by atoms with Crippen LogP contribution in [0.25, 0.3) is 0 Å². The van der Waals surface area contributed by atoms with Crippen molar-refractivity contribution in [2.24, 2.45) is 5.41 Å². The third-order valence-corrected chi connectivity index (χ3v) is 10.2. The van der Waals surface area contributed by atoms with Gasteiger partial charge in [0.15, 0.2) is 0 Å². The van der Waals surface area contributed by atoms with Crippen LogP contribution in [0, 0.1) is 17.0 Å². The van der Waals surface area contributed by atoms with Gasteiger partial charge in [-0.2, -0.15) is 4.31 Å². The van der Waals surface area contributed by atoms with Crippen LogP contribution in [0.15, 0.2) is 53.5 Å². The van der Waals surface area contributed by atoms with Gasteiger partial charge in [0.1, 0.15) is 16.9 Å². The normalized spacial score (nSPS) is 24.8. The second kappa shape index (κ2) is 8.66. The van der Waals surface area contributed by atoms with Crippen molar-refractivity contribution in [1.29, 1.82) is 0 Å². The molecule has 1 aliphatic carbocycles. The maximum absolute atomic E-state index is 15.6. The molecule has 192 valence electrons. The molecule has 2 aliphatic rings. The number of aromatic nitrogens is 2. The molecule has 0 radical (unpaired) electrons. The molecule has 2 fully saturated rings. The summed E-state index contributed by atoms with van der Waals surface area (Å²) in [5, 5.41) is -0.715. The molecule has 1 saturated heterocycles. The van der Waals surface area contributed by atoms with Gasteiger partial charge in [-0.1, -0.05) is 44.2 Å². The monoisotopic (exact) mass is 515 g/mol. The molecule has 0 bridgehead atoms. The highest BCUT2D eigenvalue weighted by atomic mass is 32.2. The van der Waals surface area contributed by atoms with Crippen LogP contribution in [-0.4, -0.2) is 28.7 Å². The number of hydrogen-bond donors (Lipinski definition) is 2. The Hall–Kier alpha value is -2.78. The summed E-state index contributed by atoms with van der Waals surface area (Å²) in [5.41, 5.74) is 0.0481. The van der Waals surface area contributed by atoms with E-state index in [0.29, 0.717) is 36.9 Å². The van der Waals surface area contributed by atoms with Gasteiger partial charge in [-0.15, -0.1) is 0 Å². The Morgan fingerprint density at radius 1 is 1.06 bits per heavy atom. The Labute approximate surface area is 209 Å².